The smallest absolute Gasteiger partial charge is 0.358 e. The summed E-state index contributed by atoms with van der Waals surface area (Å²) >= 11 is 3.45. The van der Waals surface area contributed by atoms with Crippen LogP contribution in [0.5, 0.6) is 0 Å². The standard InChI is InChI=1S/C15H11BrN4O/c1-8-15(21)20-7-12(19-13(16)14(20)18-8)10-6-17-11-5-3-2-4-9(10)11/h2-8,17H,1H3/p+1. The Morgan fingerprint density at radius 2 is 2.14 bits per heavy atom. The molecule has 0 amide bonds. The molecule has 1 aromatic carbocycles. The van der Waals surface area contributed by atoms with Crippen molar-refractivity contribution < 1.29 is 9.36 Å². The van der Waals surface area contributed by atoms with Gasteiger partial charge in [-0.3, -0.25) is 5.32 Å². The summed E-state index contributed by atoms with van der Waals surface area (Å²) in [7, 11) is 0. The van der Waals surface area contributed by atoms with Gasteiger partial charge in [-0.05, 0) is 28.9 Å². The molecule has 104 valence electrons. The zero-order chi connectivity index (χ0) is 14.6. The number of nitrogens with one attached hydrogen (secondary N) is 2. The topological polar surface area (TPSA) is 61.7 Å². The molecule has 0 bridgehead atoms. The van der Waals surface area contributed by atoms with E-state index in [0.29, 0.717) is 10.4 Å². The normalized spacial score (nSPS) is 17.0. The van der Waals surface area contributed by atoms with Gasteiger partial charge in [0.2, 0.25) is 0 Å². The Kier molecular flexibility index (Phi) is 2.62. The van der Waals surface area contributed by atoms with Crippen molar-refractivity contribution in [1.82, 2.24) is 9.97 Å². The highest BCUT2D eigenvalue weighted by Crippen LogP contribution is 2.29. The number of hydrogen-bond acceptors (Lipinski definition) is 3. The van der Waals surface area contributed by atoms with Crippen molar-refractivity contribution in [3.63, 3.8) is 0 Å². The summed E-state index contributed by atoms with van der Waals surface area (Å²) in [6.07, 6.45) is 3.71. The minimum atomic E-state index is -0.235. The van der Waals surface area contributed by atoms with Gasteiger partial charge >= 0.3 is 11.7 Å². The number of halogens is 1. The van der Waals surface area contributed by atoms with Crippen LogP contribution >= 0.6 is 15.9 Å². The summed E-state index contributed by atoms with van der Waals surface area (Å²) in [5, 5.41) is 4.21. The van der Waals surface area contributed by atoms with Crippen LogP contribution in [0.4, 0.5) is 5.82 Å². The van der Waals surface area contributed by atoms with Crippen LogP contribution in [-0.2, 0) is 0 Å². The Bertz CT molecular complexity index is 887. The van der Waals surface area contributed by atoms with Crippen LogP contribution in [0.15, 0.2) is 41.3 Å². The van der Waals surface area contributed by atoms with E-state index >= 15 is 0 Å². The second-order valence-electron chi connectivity index (χ2n) is 5.09. The van der Waals surface area contributed by atoms with Crippen molar-refractivity contribution in [1.29, 1.82) is 0 Å². The van der Waals surface area contributed by atoms with Gasteiger partial charge in [0.05, 0.1) is 0 Å². The second-order valence-corrected chi connectivity index (χ2v) is 5.84. The number of fused-ring (bicyclic) bond motifs is 2. The van der Waals surface area contributed by atoms with Crippen molar-refractivity contribution in [3.05, 3.63) is 41.3 Å². The largest absolute Gasteiger partial charge is 0.360 e. The highest BCUT2D eigenvalue weighted by atomic mass is 79.9. The number of rotatable bonds is 1. The second kappa shape index (κ2) is 4.39. The molecule has 0 spiro atoms. The fourth-order valence-corrected chi connectivity index (χ4v) is 3.16. The lowest BCUT2D eigenvalue weighted by molar-refractivity contribution is -0.552. The first-order valence-electron chi connectivity index (χ1n) is 6.64. The van der Waals surface area contributed by atoms with Gasteiger partial charge in [0.25, 0.3) is 0 Å². The van der Waals surface area contributed by atoms with Gasteiger partial charge in [0, 0.05) is 22.7 Å². The minimum Gasteiger partial charge on any atom is -0.360 e. The summed E-state index contributed by atoms with van der Waals surface area (Å²) in [5.41, 5.74) is 2.79. The molecule has 0 saturated carbocycles. The monoisotopic (exact) mass is 343 g/mol. The molecule has 0 radical (unpaired) electrons. The summed E-state index contributed by atoms with van der Waals surface area (Å²) < 4.78 is 2.27. The molecule has 4 rings (SSSR count). The lowest BCUT2D eigenvalue weighted by atomic mass is 10.1. The molecule has 6 heteroatoms. The Morgan fingerprint density at radius 1 is 1.33 bits per heavy atom. The van der Waals surface area contributed by atoms with E-state index in [9.17, 15) is 4.79 Å². The third kappa shape index (κ3) is 1.79. The van der Waals surface area contributed by atoms with E-state index in [4.69, 9.17) is 0 Å². The number of carbonyl (C=O) groups is 1. The molecular weight excluding hydrogens is 332 g/mol. The minimum absolute atomic E-state index is 0.0224. The van der Waals surface area contributed by atoms with Gasteiger partial charge < -0.3 is 4.98 Å². The maximum atomic E-state index is 12.2. The predicted molar refractivity (Wildman–Crippen MR) is 83.1 cm³/mol. The third-order valence-electron chi connectivity index (χ3n) is 3.73. The van der Waals surface area contributed by atoms with Crippen LogP contribution < -0.4 is 9.88 Å². The number of aromatic nitrogens is 3. The lowest BCUT2D eigenvalue weighted by Crippen LogP contribution is -2.42. The van der Waals surface area contributed by atoms with E-state index in [1.165, 1.54) is 0 Å². The van der Waals surface area contributed by atoms with Gasteiger partial charge in [0.15, 0.2) is 10.6 Å². The third-order valence-corrected chi connectivity index (χ3v) is 4.29. The first-order valence-corrected chi connectivity index (χ1v) is 7.44. The molecule has 21 heavy (non-hydrogen) atoms. The number of aromatic amines is 1. The number of hydrogen-bond donors (Lipinski definition) is 2. The molecule has 1 aliphatic rings. The Hall–Kier alpha value is -2.21. The van der Waals surface area contributed by atoms with Gasteiger partial charge in [-0.2, -0.15) is 4.57 Å². The molecule has 1 aliphatic heterocycles. The molecular formula is C15H12BrN4O+. The molecule has 2 N–H and O–H groups in total. The van der Waals surface area contributed by atoms with Gasteiger partial charge in [-0.25, -0.2) is 9.78 Å². The number of benzene rings is 1. The molecule has 1 atom stereocenters. The van der Waals surface area contributed by atoms with Crippen LogP contribution in [-0.4, -0.2) is 21.9 Å². The summed E-state index contributed by atoms with van der Waals surface area (Å²) in [5.74, 6) is 0.727. The Morgan fingerprint density at radius 3 is 3.00 bits per heavy atom. The zero-order valence-corrected chi connectivity index (χ0v) is 12.8. The zero-order valence-electron chi connectivity index (χ0n) is 11.2. The number of carbonyl (C=O) groups excluding carboxylic acids is 1. The van der Waals surface area contributed by atoms with Gasteiger partial charge in [-0.1, -0.05) is 18.2 Å². The molecule has 0 aliphatic carbocycles. The van der Waals surface area contributed by atoms with E-state index in [1.54, 1.807) is 10.8 Å². The number of para-hydroxylation sites is 1. The summed E-state index contributed by atoms with van der Waals surface area (Å²) in [6, 6.07) is 7.80. The Balaban J connectivity index is 1.95. The van der Waals surface area contributed by atoms with Crippen LogP contribution in [0.25, 0.3) is 22.2 Å². The fourth-order valence-electron chi connectivity index (χ4n) is 2.67. The first-order chi connectivity index (χ1) is 10.1. The van der Waals surface area contributed by atoms with Crippen molar-refractivity contribution in [2.75, 3.05) is 5.32 Å². The van der Waals surface area contributed by atoms with Gasteiger partial charge in [0.1, 0.15) is 11.9 Å². The average molecular weight is 344 g/mol. The van der Waals surface area contributed by atoms with E-state index < -0.39 is 0 Å². The van der Waals surface area contributed by atoms with Crippen LogP contribution in [0.3, 0.4) is 0 Å². The van der Waals surface area contributed by atoms with Crippen molar-refractivity contribution in [2.24, 2.45) is 0 Å². The molecule has 0 saturated heterocycles. The molecule has 0 fully saturated rings. The van der Waals surface area contributed by atoms with Crippen molar-refractivity contribution in [2.45, 2.75) is 13.0 Å². The van der Waals surface area contributed by atoms with Crippen molar-refractivity contribution >= 4 is 38.6 Å². The summed E-state index contributed by atoms with van der Waals surface area (Å²) in [6.45, 7) is 1.84. The van der Waals surface area contributed by atoms with E-state index in [2.05, 4.69) is 31.2 Å². The SMILES string of the molecule is CC1Nc2c(Br)nc(-c3c[nH]c4ccccc34)c[n+]2C1=O. The van der Waals surface area contributed by atoms with E-state index in [0.717, 1.165) is 22.2 Å². The van der Waals surface area contributed by atoms with Crippen molar-refractivity contribution in [3.8, 4) is 11.3 Å². The highest BCUT2D eigenvalue weighted by Gasteiger charge is 2.37. The van der Waals surface area contributed by atoms with Crippen LogP contribution in [0.1, 0.15) is 11.7 Å². The molecule has 2 aromatic heterocycles. The first kappa shape index (κ1) is 12.5. The lowest BCUT2D eigenvalue weighted by Gasteiger charge is -2.01. The quantitative estimate of drug-likeness (QED) is 0.668. The fraction of sp³-hybridized carbons (Fsp3) is 0.133. The summed E-state index contributed by atoms with van der Waals surface area (Å²) in [4.78, 5) is 20.0. The number of H-pyrrole nitrogens is 1. The Labute approximate surface area is 129 Å². The number of anilines is 1. The predicted octanol–water partition coefficient (Wildman–Crippen LogP) is 2.73. The van der Waals surface area contributed by atoms with Crippen LogP contribution in [0.2, 0.25) is 0 Å². The van der Waals surface area contributed by atoms with E-state index in [-0.39, 0.29) is 11.9 Å². The van der Waals surface area contributed by atoms with E-state index in [1.807, 2.05) is 37.4 Å². The average Bonchev–Trinajstić information content (AvgIpc) is 3.03. The molecule has 3 aromatic rings. The molecule has 1 unspecified atom stereocenters. The molecule has 5 nitrogen and oxygen atoms in total. The van der Waals surface area contributed by atoms with Crippen LogP contribution in [0, 0.1) is 0 Å². The maximum Gasteiger partial charge on any atom is 0.358 e. The van der Waals surface area contributed by atoms with Gasteiger partial charge in [-0.15, -0.1) is 0 Å². The number of nitrogens with zero attached hydrogens (tertiary/aromatic N) is 2. The highest BCUT2D eigenvalue weighted by molar-refractivity contribution is 9.10. The maximum absolute atomic E-state index is 12.2. The molecule has 3 heterocycles.